The number of rotatable bonds is 6. The molecule has 3 heterocycles. The van der Waals surface area contributed by atoms with Crippen LogP contribution in [0.15, 0.2) is 67.0 Å². The molecule has 1 saturated heterocycles. The van der Waals surface area contributed by atoms with E-state index in [0.717, 1.165) is 38.0 Å². The van der Waals surface area contributed by atoms with Crippen molar-refractivity contribution in [3.8, 4) is 11.1 Å². The number of carbonyl (C=O) groups is 1. The maximum Gasteiger partial charge on any atom is 0.222 e. The van der Waals surface area contributed by atoms with Crippen molar-refractivity contribution in [3.05, 3.63) is 78.2 Å². The van der Waals surface area contributed by atoms with E-state index >= 15 is 0 Å². The van der Waals surface area contributed by atoms with Crippen molar-refractivity contribution in [1.29, 1.82) is 0 Å². The Morgan fingerprint density at radius 2 is 2.00 bits per heavy atom. The van der Waals surface area contributed by atoms with Crippen molar-refractivity contribution >= 4 is 16.8 Å². The van der Waals surface area contributed by atoms with Gasteiger partial charge in [0.05, 0.1) is 6.20 Å². The minimum atomic E-state index is 0.283. The zero-order valence-corrected chi connectivity index (χ0v) is 17.9. The number of H-pyrrole nitrogens is 1. The van der Waals surface area contributed by atoms with Gasteiger partial charge in [-0.3, -0.25) is 9.89 Å². The van der Waals surface area contributed by atoms with Crippen LogP contribution in [0.2, 0.25) is 0 Å². The SMILES string of the molecule is Cc1cc2cc(-c3cn[nH]c3)ccc2n1CC1CCN(C(=O)CCc2ccccc2)C1. The quantitative estimate of drug-likeness (QED) is 0.494. The van der Waals surface area contributed by atoms with Crippen molar-refractivity contribution in [2.45, 2.75) is 32.7 Å². The predicted octanol–water partition coefficient (Wildman–Crippen LogP) is 4.82. The molecule has 1 amide bonds. The summed E-state index contributed by atoms with van der Waals surface area (Å²) in [5, 5.41) is 8.20. The topological polar surface area (TPSA) is 53.9 Å². The van der Waals surface area contributed by atoms with Crippen LogP contribution in [0.1, 0.15) is 24.1 Å². The van der Waals surface area contributed by atoms with Gasteiger partial charge in [0.25, 0.3) is 0 Å². The summed E-state index contributed by atoms with van der Waals surface area (Å²) in [5.41, 5.74) is 6.05. The van der Waals surface area contributed by atoms with E-state index in [-0.39, 0.29) is 5.91 Å². The zero-order valence-electron chi connectivity index (χ0n) is 17.9. The van der Waals surface area contributed by atoms with Crippen LogP contribution in [-0.4, -0.2) is 38.7 Å². The van der Waals surface area contributed by atoms with Crippen LogP contribution in [0.3, 0.4) is 0 Å². The molecular formula is C26H28N4O. The van der Waals surface area contributed by atoms with Crippen LogP contribution in [0.4, 0.5) is 0 Å². The van der Waals surface area contributed by atoms with Crippen molar-refractivity contribution in [2.24, 2.45) is 5.92 Å². The molecule has 5 heteroatoms. The molecule has 4 aromatic rings. The average Bonchev–Trinajstić information content (AvgIpc) is 3.54. The molecule has 1 aliphatic rings. The third kappa shape index (κ3) is 4.13. The number of hydrogen-bond acceptors (Lipinski definition) is 2. The summed E-state index contributed by atoms with van der Waals surface area (Å²) in [7, 11) is 0. The Balaban J connectivity index is 1.24. The van der Waals surface area contributed by atoms with Gasteiger partial charge in [0.1, 0.15) is 0 Å². The molecule has 1 aliphatic heterocycles. The highest BCUT2D eigenvalue weighted by Gasteiger charge is 2.26. The summed E-state index contributed by atoms with van der Waals surface area (Å²) in [6.45, 7) is 4.87. The monoisotopic (exact) mass is 412 g/mol. The molecule has 0 radical (unpaired) electrons. The van der Waals surface area contributed by atoms with Crippen molar-refractivity contribution in [2.75, 3.05) is 13.1 Å². The number of fused-ring (bicyclic) bond motifs is 1. The number of aromatic nitrogens is 3. The van der Waals surface area contributed by atoms with Gasteiger partial charge in [-0.05, 0) is 55.0 Å². The number of nitrogens with one attached hydrogen (secondary N) is 1. The first-order valence-corrected chi connectivity index (χ1v) is 11.1. The number of amides is 1. The Kier molecular flexibility index (Phi) is 5.33. The predicted molar refractivity (Wildman–Crippen MR) is 124 cm³/mol. The summed E-state index contributed by atoms with van der Waals surface area (Å²) in [4.78, 5) is 14.8. The molecule has 1 N–H and O–H groups in total. The number of aryl methyl sites for hydroxylation is 2. The van der Waals surface area contributed by atoms with E-state index in [9.17, 15) is 4.79 Å². The van der Waals surface area contributed by atoms with Crippen LogP contribution in [0, 0.1) is 12.8 Å². The first-order chi connectivity index (χ1) is 15.2. The summed E-state index contributed by atoms with van der Waals surface area (Å²) < 4.78 is 2.41. The van der Waals surface area contributed by atoms with Crippen LogP contribution in [0.25, 0.3) is 22.0 Å². The highest BCUT2D eigenvalue weighted by Crippen LogP contribution is 2.28. The molecule has 158 valence electrons. The summed E-state index contributed by atoms with van der Waals surface area (Å²) in [6.07, 6.45) is 6.27. The fraction of sp³-hybridized carbons (Fsp3) is 0.308. The van der Waals surface area contributed by atoms with Gasteiger partial charge in [0.2, 0.25) is 5.91 Å². The molecule has 0 spiro atoms. The third-order valence-electron chi connectivity index (χ3n) is 6.49. The summed E-state index contributed by atoms with van der Waals surface area (Å²) >= 11 is 0. The first-order valence-electron chi connectivity index (χ1n) is 11.1. The van der Waals surface area contributed by atoms with Crippen LogP contribution in [-0.2, 0) is 17.8 Å². The second kappa shape index (κ2) is 8.42. The second-order valence-corrected chi connectivity index (χ2v) is 8.64. The van der Waals surface area contributed by atoms with Gasteiger partial charge in [-0.1, -0.05) is 36.4 Å². The Morgan fingerprint density at radius 3 is 2.81 bits per heavy atom. The lowest BCUT2D eigenvalue weighted by Gasteiger charge is -2.18. The lowest BCUT2D eigenvalue weighted by molar-refractivity contribution is -0.130. The summed E-state index contributed by atoms with van der Waals surface area (Å²) in [6, 6.07) is 19.1. The van der Waals surface area contributed by atoms with E-state index in [2.05, 4.69) is 63.0 Å². The van der Waals surface area contributed by atoms with E-state index in [4.69, 9.17) is 0 Å². The number of carbonyl (C=O) groups excluding carboxylic acids is 1. The van der Waals surface area contributed by atoms with Crippen LogP contribution in [0.5, 0.6) is 0 Å². The molecule has 2 aromatic heterocycles. The van der Waals surface area contributed by atoms with E-state index in [0.29, 0.717) is 12.3 Å². The normalized spacial score (nSPS) is 16.3. The molecule has 31 heavy (non-hydrogen) atoms. The van der Waals surface area contributed by atoms with Crippen molar-refractivity contribution in [1.82, 2.24) is 19.7 Å². The van der Waals surface area contributed by atoms with Gasteiger partial charge in [-0.2, -0.15) is 5.10 Å². The van der Waals surface area contributed by atoms with E-state index in [1.807, 2.05) is 30.6 Å². The second-order valence-electron chi connectivity index (χ2n) is 8.64. The standard InChI is InChI=1S/C26H28N4O/c1-19-13-23-14-22(24-15-27-28-16-24)8-9-25(23)30(19)18-21-11-12-29(17-21)26(31)10-7-20-5-3-2-4-6-20/h2-6,8-9,13-16,21H,7,10-12,17-18H2,1H3,(H,27,28). The number of nitrogens with zero attached hydrogens (tertiary/aromatic N) is 3. The Bertz CT molecular complexity index is 1180. The fourth-order valence-electron chi connectivity index (χ4n) is 4.76. The van der Waals surface area contributed by atoms with Crippen LogP contribution < -0.4 is 0 Å². The van der Waals surface area contributed by atoms with Gasteiger partial charge >= 0.3 is 0 Å². The lowest BCUT2D eigenvalue weighted by atomic mass is 10.1. The number of hydrogen-bond donors (Lipinski definition) is 1. The van der Waals surface area contributed by atoms with Crippen molar-refractivity contribution < 1.29 is 4.79 Å². The Hall–Kier alpha value is -3.34. The van der Waals surface area contributed by atoms with Gasteiger partial charge in [0, 0.05) is 54.4 Å². The van der Waals surface area contributed by atoms with E-state index in [1.54, 1.807) is 0 Å². The molecule has 0 bridgehead atoms. The van der Waals surface area contributed by atoms with Crippen LogP contribution >= 0.6 is 0 Å². The maximum absolute atomic E-state index is 12.7. The highest BCUT2D eigenvalue weighted by atomic mass is 16.2. The van der Waals surface area contributed by atoms with Gasteiger partial charge < -0.3 is 9.47 Å². The van der Waals surface area contributed by atoms with E-state index < -0.39 is 0 Å². The molecule has 1 unspecified atom stereocenters. The Morgan fingerprint density at radius 1 is 1.13 bits per heavy atom. The molecule has 1 atom stereocenters. The van der Waals surface area contributed by atoms with Gasteiger partial charge in [-0.25, -0.2) is 0 Å². The molecule has 0 aliphatic carbocycles. The molecule has 1 fully saturated rings. The maximum atomic E-state index is 12.7. The number of aromatic amines is 1. The van der Waals surface area contributed by atoms with Gasteiger partial charge in [-0.15, -0.1) is 0 Å². The average molecular weight is 413 g/mol. The highest BCUT2D eigenvalue weighted by molar-refractivity contribution is 5.86. The van der Waals surface area contributed by atoms with Gasteiger partial charge in [0.15, 0.2) is 0 Å². The summed E-state index contributed by atoms with van der Waals surface area (Å²) in [5.74, 6) is 0.786. The molecule has 5 nitrogen and oxygen atoms in total. The molecule has 2 aromatic carbocycles. The number of likely N-dealkylation sites (tertiary alicyclic amines) is 1. The number of benzene rings is 2. The zero-order chi connectivity index (χ0) is 21.2. The third-order valence-corrected chi connectivity index (χ3v) is 6.49. The minimum absolute atomic E-state index is 0.283. The molecule has 5 rings (SSSR count). The smallest absolute Gasteiger partial charge is 0.222 e. The lowest BCUT2D eigenvalue weighted by Crippen LogP contribution is -2.29. The first kappa shape index (κ1) is 19.6. The molecule has 0 saturated carbocycles. The Labute approximate surface area is 182 Å². The fourth-order valence-corrected chi connectivity index (χ4v) is 4.76. The van der Waals surface area contributed by atoms with Crippen molar-refractivity contribution in [3.63, 3.8) is 0 Å². The molecular weight excluding hydrogens is 384 g/mol. The largest absolute Gasteiger partial charge is 0.345 e. The van der Waals surface area contributed by atoms with E-state index in [1.165, 1.54) is 27.7 Å². The minimum Gasteiger partial charge on any atom is -0.345 e.